The second-order valence-electron chi connectivity index (χ2n) is 14.4. The zero-order valence-corrected chi connectivity index (χ0v) is 25.6. The van der Waals surface area contributed by atoms with E-state index in [4.69, 9.17) is 0 Å². The summed E-state index contributed by atoms with van der Waals surface area (Å²) in [7, 11) is 2.30. The Balaban J connectivity index is 1.18. The summed E-state index contributed by atoms with van der Waals surface area (Å²) in [6.45, 7) is 3.31. The van der Waals surface area contributed by atoms with Crippen molar-refractivity contribution < 1.29 is 0 Å². The zero-order chi connectivity index (χ0) is 28.3. The van der Waals surface area contributed by atoms with Crippen LogP contribution in [0.25, 0.3) is 10.9 Å². The van der Waals surface area contributed by atoms with Gasteiger partial charge >= 0.3 is 0 Å². The third-order valence-corrected chi connectivity index (χ3v) is 11.5. The summed E-state index contributed by atoms with van der Waals surface area (Å²) in [5, 5.41) is 5.58. The Hall–Kier alpha value is -3.04. The number of hydrogen-bond acceptors (Lipinski definition) is 2. The summed E-state index contributed by atoms with van der Waals surface area (Å²) in [5.74, 6) is 2.88. The number of para-hydroxylation sites is 1. The molecule has 3 aromatic carbocycles. The van der Waals surface area contributed by atoms with Gasteiger partial charge in [0.05, 0.1) is 6.04 Å². The van der Waals surface area contributed by atoms with Crippen LogP contribution in [0.15, 0.2) is 78.9 Å². The van der Waals surface area contributed by atoms with E-state index in [9.17, 15) is 0 Å². The van der Waals surface area contributed by atoms with Crippen molar-refractivity contribution in [2.75, 3.05) is 5.32 Å². The van der Waals surface area contributed by atoms with Crippen LogP contribution in [0.3, 0.4) is 0 Å². The number of hydrogen-bond donors (Lipinski definition) is 1. The Kier molecular flexibility index (Phi) is 6.70. The van der Waals surface area contributed by atoms with Crippen LogP contribution >= 0.6 is 0 Å². The molecule has 0 unspecified atom stereocenters. The molecule has 4 aromatic rings. The fourth-order valence-corrected chi connectivity index (χ4v) is 10.2. The first-order valence-electron chi connectivity index (χ1n) is 16.8. The molecule has 0 saturated heterocycles. The predicted octanol–water partition coefficient (Wildman–Crippen LogP) is 9.27. The van der Waals surface area contributed by atoms with Crippen molar-refractivity contribution in [1.82, 2.24) is 9.47 Å². The highest BCUT2D eigenvalue weighted by atomic mass is 15.2. The molecule has 3 nitrogen and oxygen atoms in total. The Labute approximate surface area is 252 Å². The summed E-state index contributed by atoms with van der Waals surface area (Å²) in [6.07, 6.45) is 13.5. The minimum absolute atomic E-state index is 0.238. The van der Waals surface area contributed by atoms with Gasteiger partial charge in [0.15, 0.2) is 0 Å². The third-order valence-electron chi connectivity index (χ3n) is 11.5. The number of anilines is 1. The quantitative estimate of drug-likeness (QED) is 0.233. The molecular weight excluding hydrogens is 510 g/mol. The van der Waals surface area contributed by atoms with Gasteiger partial charge < -0.3 is 9.88 Å². The van der Waals surface area contributed by atoms with E-state index in [0.29, 0.717) is 11.6 Å². The first-order chi connectivity index (χ1) is 20.6. The third kappa shape index (κ3) is 4.60. The largest absolute Gasteiger partial charge is 0.380 e. The average Bonchev–Trinajstić information content (AvgIpc) is 3.27. The maximum Gasteiger partial charge on any atom is 0.0764 e. The van der Waals surface area contributed by atoms with Crippen molar-refractivity contribution in [2.24, 2.45) is 24.8 Å². The van der Waals surface area contributed by atoms with Gasteiger partial charge in [-0.15, -0.1) is 0 Å². The molecule has 4 bridgehead atoms. The number of benzene rings is 3. The smallest absolute Gasteiger partial charge is 0.0764 e. The van der Waals surface area contributed by atoms with Crippen molar-refractivity contribution in [3.63, 3.8) is 0 Å². The maximum atomic E-state index is 4.14. The lowest BCUT2D eigenvalue weighted by atomic mass is 9.53. The van der Waals surface area contributed by atoms with Gasteiger partial charge in [-0.3, -0.25) is 4.90 Å². The Bertz CT molecular complexity index is 1510. The molecule has 0 amide bonds. The van der Waals surface area contributed by atoms with Gasteiger partial charge in [0.2, 0.25) is 0 Å². The Morgan fingerprint density at radius 3 is 2.17 bits per heavy atom. The summed E-state index contributed by atoms with van der Waals surface area (Å²) < 4.78 is 2.50. The summed E-state index contributed by atoms with van der Waals surface area (Å²) in [5.41, 5.74) is 8.92. The normalized spacial score (nSPS) is 30.1. The summed E-state index contributed by atoms with van der Waals surface area (Å²) in [4.78, 5) is 2.84. The standard InChI is InChI=1S/C39H47N3/c1-3-4-12-33-22-35-34-13-8-9-14-36(34)41(2)38(35)37(42(33)26-27-10-6-5-7-11-27)31-15-17-32(18-16-31)40-39-23-28-19-29(24-39)21-30(20-28)25-39/h5-11,13-18,28-30,33,37,40H,3-4,12,19-26H2,1-2H3/t28?,29?,30?,33-,37-,39?/m0/s1. The molecular formula is C39H47N3. The van der Waals surface area contributed by atoms with Gasteiger partial charge in [-0.05, 0) is 104 Å². The fraction of sp³-hybridized carbons (Fsp3) is 0.487. The molecule has 42 heavy (non-hydrogen) atoms. The van der Waals surface area contributed by atoms with Gasteiger partial charge in [-0.2, -0.15) is 0 Å². The van der Waals surface area contributed by atoms with E-state index in [1.807, 2.05) is 0 Å². The fourth-order valence-electron chi connectivity index (χ4n) is 10.2. The molecule has 0 spiro atoms. The second-order valence-corrected chi connectivity index (χ2v) is 14.4. The molecule has 9 rings (SSSR count). The van der Waals surface area contributed by atoms with Crippen LogP contribution in [0.5, 0.6) is 0 Å². The highest BCUT2D eigenvalue weighted by molar-refractivity contribution is 5.86. The number of nitrogens with one attached hydrogen (secondary N) is 1. The molecule has 0 radical (unpaired) electrons. The Morgan fingerprint density at radius 2 is 1.48 bits per heavy atom. The molecule has 4 fully saturated rings. The number of aromatic nitrogens is 1. The molecule has 4 saturated carbocycles. The maximum absolute atomic E-state index is 4.14. The van der Waals surface area contributed by atoms with Gasteiger partial charge in [-0.25, -0.2) is 0 Å². The lowest BCUT2D eigenvalue weighted by molar-refractivity contribution is 0.0107. The lowest BCUT2D eigenvalue weighted by Crippen LogP contribution is -2.54. The predicted molar refractivity (Wildman–Crippen MR) is 175 cm³/mol. The second kappa shape index (κ2) is 10.6. The lowest BCUT2D eigenvalue weighted by Gasteiger charge is -2.57. The van der Waals surface area contributed by atoms with E-state index in [2.05, 4.69) is 108 Å². The monoisotopic (exact) mass is 557 g/mol. The van der Waals surface area contributed by atoms with Crippen LogP contribution < -0.4 is 5.32 Å². The van der Waals surface area contributed by atoms with Gasteiger partial charge in [0, 0.05) is 47.5 Å². The minimum Gasteiger partial charge on any atom is -0.380 e. The zero-order valence-electron chi connectivity index (χ0n) is 25.6. The Morgan fingerprint density at radius 1 is 0.810 bits per heavy atom. The van der Waals surface area contributed by atoms with Gasteiger partial charge in [0.25, 0.3) is 0 Å². The van der Waals surface area contributed by atoms with Crippen molar-refractivity contribution in [3.05, 3.63) is 101 Å². The molecule has 1 aromatic heterocycles. The molecule has 5 aliphatic rings. The SMILES string of the molecule is CCCC[C@H]1Cc2c(n(C)c3ccccc23)[C@H](c2ccc(NC34CC5CC(CC(C5)C3)C4)cc2)N1Cc1ccccc1. The topological polar surface area (TPSA) is 20.2 Å². The van der Waals surface area contributed by atoms with Gasteiger partial charge in [0.1, 0.15) is 0 Å². The number of rotatable bonds is 8. The van der Waals surface area contributed by atoms with E-state index < -0.39 is 0 Å². The van der Waals surface area contributed by atoms with E-state index >= 15 is 0 Å². The molecule has 218 valence electrons. The van der Waals surface area contributed by atoms with Crippen molar-refractivity contribution in [3.8, 4) is 0 Å². The first kappa shape index (κ1) is 26.6. The van der Waals surface area contributed by atoms with Crippen molar-refractivity contribution in [2.45, 2.75) is 95.3 Å². The number of fused-ring (bicyclic) bond motifs is 3. The average molecular weight is 558 g/mol. The summed E-state index contributed by atoms with van der Waals surface area (Å²) in [6, 6.07) is 30.7. The number of aryl methyl sites for hydroxylation is 1. The molecule has 3 heteroatoms. The number of unbranched alkanes of at least 4 members (excludes halogenated alkanes) is 1. The van der Waals surface area contributed by atoms with Crippen LogP contribution in [0.1, 0.15) is 93.1 Å². The summed E-state index contributed by atoms with van der Waals surface area (Å²) >= 11 is 0. The van der Waals surface area contributed by atoms with Crippen LogP contribution in [-0.4, -0.2) is 21.0 Å². The number of nitrogens with zero attached hydrogens (tertiary/aromatic N) is 2. The van der Waals surface area contributed by atoms with E-state index in [1.54, 1.807) is 5.56 Å². The minimum atomic E-state index is 0.238. The highest BCUT2D eigenvalue weighted by Gasteiger charge is 2.51. The molecule has 1 N–H and O–H groups in total. The van der Waals surface area contributed by atoms with Crippen LogP contribution in [-0.2, 0) is 20.0 Å². The molecule has 1 aliphatic heterocycles. The highest BCUT2D eigenvalue weighted by Crippen LogP contribution is 2.56. The van der Waals surface area contributed by atoms with Crippen LogP contribution in [0, 0.1) is 17.8 Å². The van der Waals surface area contributed by atoms with Crippen LogP contribution in [0.4, 0.5) is 5.69 Å². The van der Waals surface area contributed by atoms with Crippen LogP contribution in [0.2, 0.25) is 0 Å². The van der Waals surface area contributed by atoms with E-state index in [0.717, 1.165) is 30.7 Å². The van der Waals surface area contributed by atoms with E-state index in [1.165, 1.54) is 91.2 Å². The van der Waals surface area contributed by atoms with Gasteiger partial charge in [-0.1, -0.05) is 80.4 Å². The molecule has 2 heterocycles. The molecule has 2 atom stereocenters. The van der Waals surface area contributed by atoms with Crippen molar-refractivity contribution >= 4 is 16.6 Å². The molecule has 4 aliphatic carbocycles. The van der Waals surface area contributed by atoms with E-state index in [-0.39, 0.29) is 6.04 Å². The van der Waals surface area contributed by atoms with Crippen molar-refractivity contribution in [1.29, 1.82) is 0 Å². The first-order valence-corrected chi connectivity index (χ1v) is 16.8.